The molecule has 0 aliphatic heterocycles. The summed E-state index contributed by atoms with van der Waals surface area (Å²) in [6.07, 6.45) is 5.61. The molecule has 0 heterocycles. The van der Waals surface area contributed by atoms with Gasteiger partial charge in [0.05, 0.1) is 0 Å². The quantitative estimate of drug-likeness (QED) is 0.499. The van der Waals surface area contributed by atoms with Gasteiger partial charge in [0.1, 0.15) is 0 Å². The monoisotopic (exact) mass is 246 g/mol. The van der Waals surface area contributed by atoms with Crippen molar-refractivity contribution in [2.45, 2.75) is 31.6 Å². The molecule has 0 radical (unpaired) electrons. The van der Waals surface area contributed by atoms with Crippen LogP contribution in [-0.2, 0) is 0 Å². The summed E-state index contributed by atoms with van der Waals surface area (Å²) >= 11 is 0. The number of rotatable bonds is 4. The summed E-state index contributed by atoms with van der Waals surface area (Å²) in [5.74, 6) is -8.57. The van der Waals surface area contributed by atoms with Gasteiger partial charge in [-0.1, -0.05) is 31.4 Å². The van der Waals surface area contributed by atoms with Crippen molar-refractivity contribution in [3.8, 4) is 0 Å². The van der Waals surface area contributed by atoms with Crippen LogP contribution >= 0.6 is 0 Å². The van der Waals surface area contributed by atoms with E-state index < -0.39 is 23.0 Å². The highest BCUT2D eigenvalue weighted by molar-refractivity contribution is 5.41. The highest BCUT2D eigenvalue weighted by Gasteiger charge is 2.58. The number of hydrogen-bond donors (Lipinski definition) is 0. The van der Waals surface area contributed by atoms with E-state index in [0.717, 1.165) is 6.92 Å². The average Bonchev–Trinajstić information content (AvgIpc) is 2.28. The molecule has 17 heavy (non-hydrogen) atoms. The van der Waals surface area contributed by atoms with Crippen LogP contribution in [0.5, 0.6) is 0 Å². The molecular weight excluding hydrogens is 232 g/mol. The summed E-state index contributed by atoms with van der Waals surface area (Å²) in [6.45, 7) is 6.93. The van der Waals surface area contributed by atoms with Gasteiger partial charge in [0.25, 0.3) is 0 Å². The molecule has 4 heteroatoms. The van der Waals surface area contributed by atoms with E-state index in [2.05, 4.69) is 13.2 Å². The van der Waals surface area contributed by atoms with Crippen molar-refractivity contribution in [2.75, 3.05) is 0 Å². The lowest BCUT2D eigenvalue weighted by atomic mass is 9.89. The average molecular weight is 246 g/mol. The molecule has 0 saturated heterocycles. The SMILES string of the molecule is C=C(C)C(F)(F)C(F)(F)C(=C)C1=CC=CCC1. The van der Waals surface area contributed by atoms with E-state index in [4.69, 9.17) is 0 Å². The molecule has 0 aromatic rings. The predicted octanol–water partition coefficient (Wildman–Crippen LogP) is 4.67. The summed E-state index contributed by atoms with van der Waals surface area (Å²) in [7, 11) is 0. The second-order valence-electron chi connectivity index (χ2n) is 4.07. The van der Waals surface area contributed by atoms with Gasteiger partial charge in [0, 0.05) is 5.57 Å². The first-order chi connectivity index (χ1) is 7.71. The molecule has 0 unspecified atom stereocenters. The molecule has 0 fully saturated rings. The lowest BCUT2D eigenvalue weighted by Crippen LogP contribution is -2.43. The second kappa shape index (κ2) is 4.51. The number of halogens is 4. The first kappa shape index (κ1) is 13.7. The Morgan fingerprint density at radius 3 is 2.18 bits per heavy atom. The van der Waals surface area contributed by atoms with E-state index in [1.54, 1.807) is 12.2 Å². The summed E-state index contributed by atoms with van der Waals surface area (Å²) in [4.78, 5) is 0. The Hall–Kier alpha value is -1.32. The first-order valence-electron chi connectivity index (χ1n) is 5.18. The van der Waals surface area contributed by atoms with E-state index >= 15 is 0 Å². The molecule has 0 spiro atoms. The Labute approximate surface area is 98.0 Å². The van der Waals surface area contributed by atoms with Gasteiger partial charge in [-0.25, -0.2) is 0 Å². The van der Waals surface area contributed by atoms with Crippen LogP contribution in [0.2, 0.25) is 0 Å². The third-order valence-corrected chi connectivity index (χ3v) is 2.71. The molecule has 1 aliphatic carbocycles. The third-order valence-electron chi connectivity index (χ3n) is 2.71. The molecule has 0 aromatic carbocycles. The van der Waals surface area contributed by atoms with Crippen molar-refractivity contribution in [3.05, 3.63) is 48.1 Å². The zero-order chi connectivity index (χ0) is 13.3. The fraction of sp³-hybridized carbons (Fsp3) is 0.385. The number of alkyl halides is 4. The largest absolute Gasteiger partial charge is 0.339 e. The molecule has 0 nitrogen and oxygen atoms in total. The van der Waals surface area contributed by atoms with Crippen molar-refractivity contribution in [1.29, 1.82) is 0 Å². The Kier molecular flexibility index (Phi) is 3.65. The van der Waals surface area contributed by atoms with Crippen molar-refractivity contribution in [2.24, 2.45) is 0 Å². The third kappa shape index (κ3) is 2.35. The minimum atomic E-state index is -4.30. The van der Waals surface area contributed by atoms with Crippen LogP contribution in [0.15, 0.2) is 48.1 Å². The fourth-order valence-electron chi connectivity index (χ4n) is 1.51. The predicted molar refractivity (Wildman–Crippen MR) is 60.3 cm³/mol. The molecule has 0 atom stereocenters. The van der Waals surface area contributed by atoms with Crippen LogP contribution < -0.4 is 0 Å². The van der Waals surface area contributed by atoms with Crippen molar-refractivity contribution in [3.63, 3.8) is 0 Å². The number of allylic oxidation sites excluding steroid dienone is 6. The van der Waals surface area contributed by atoms with Crippen molar-refractivity contribution < 1.29 is 17.6 Å². The molecule has 1 aliphatic rings. The zero-order valence-corrected chi connectivity index (χ0v) is 9.57. The minimum Gasteiger partial charge on any atom is -0.194 e. The van der Waals surface area contributed by atoms with Gasteiger partial charge in [-0.15, -0.1) is 0 Å². The normalized spacial score (nSPS) is 16.6. The van der Waals surface area contributed by atoms with Crippen LogP contribution in [0, 0.1) is 0 Å². The van der Waals surface area contributed by atoms with E-state index in [1.165, 1.54) is 6.08 Å². The molecule has 94 valence electrons. The van der Waals surface area contributed by atoms with Crippen molar-refractivity contribution >= 4 is 0 Å². The topological polar surface area (TPSA) is 0 Å². The smallest absolute Gasteiger partial charge is 0.194 e. The van der Waals surface area contributed by atoms with Gasteiger partial charge in [0.15, 0.2) is 0 Å². The fourth-order valence-corrected chi connectivity index (χ4v) is 1.51. The van der Waals surface area contributed by atoms with Gasteiger partial charge in [-0.05, 0) is 30.9 Å². The Bertz CT molecular complexity index is 400. The van der Waals surface area contributed by atoms with E-state index in [1.807, 2.05) is 0 Å². The van der Waals surface area contributed by atoms with Crippen LogP contribution in [0.4, 0.5) is 17.6 Å². The first-order valence-corrected chi connectivity index (χ1v) is 5.18. The Morgan fingerprint density at radius 2 is 1.76 bits per heavy atom. The highest BCUT2D eigenvalue weighted by Crippen LogP contribution is 2.46. The summed E-state index contributed by atoms with van der Waals surface area (Å²) in [5, 5.41) is 0. The van der Waals surface area contributed by atoms with Gasteiger partial charge in [-0.2, -0.15) is 17.6 Å². The lowest BCUT2D eigenvalue weighted by Gasteiger charge is -2.30. The molecule has 1 rings (SSSR count). The van der Waals surface area contributed by atoms with Crippen LogP contribution in [0.3, 0.4) is 0 Å². The number of hydrogen-bond acceptors (Lipinski definition) is 0. The van der Waals surface area contributed by atoms with Crippen LogP contribution in [-0.4, -0.2) is 11.8 Å². The maximum absolute atomic E-state index is 13.7. The standard InChI is InChI=1S/C13H14F4/c1-9(2)12(14,15)13(16,17)10(3)11-7-5-4-6-8-11/h4-5,7H,1,3,6,8H2,2H3. The molecule has 0 aromatic heterocycles. The molecule has 0 saturated carbocycles. The Morgan fingerprint density at radius 1 is 1.18 bits per heavy atom. The van der Waals surface area contributed by atoms with Gasteiger partial charge < -0.3 is 0 Å². The summed E-state index contributed by atoms with van der Waals surface area (Å²) < 4.78 is 54.1. The van der Waals surface area contributed by atoms with E-state index in [9.17, 15) is 17.6 Å². The van der Waals surface area contributed by atoms with Gasteiger partial charge in [-0.3, -0.25) is 0 Å². The highest BCUT2D eigenvalue weighted by atomic mass is 19.3. The molecule has 0 N–H and O–H groups in total. The molecule has 0 amide bonds. The zero-order valence-electron chi connectivity index (χ0n) is 9.57. The Balaban J connectivity index is 3.06. The van der Waals surface area contributed by atoms with Gasteiger partial charge >= 0.3 is 11.8 Å². The van der Waals surface area contributed by atoms with E-state index in [-0.39, 0.29) is 5.57 Å². The second-order valence-corrected chi connectivity index (χ2v) is 4.07. The minimum absolute atomic E-state index is 0.165. The van der Waals surface area contributed by atoms with Crippen molar-refractivity contribution in [1.82, 2.24) is 0 Å². The molecule has 0 bridgehead atoms. The van der Waals surface area contributed by atoms with Crippen LogP contribution in [0.1, 0.15) is 19.8 Å². The summed E-state index contributed by atoms with van der Waals surface area (Å²) in [6, 6.07) is 0. The maximum Gasteiger partial charge on any atom is 0.339 e. The van der Waals surface area contributed by atoms with Crippen LogP contribution in [0.25, 0.3) is 0 Å². The summed E-state index contributed by atoms with van der Waals surface area (Å²) in [5.41, 5.74) is -1.52. The van der Waals surface area contributed by atoms with Gasteiger partial charge in [0.2, 0.25) is 0 Å². The molecular formula is C13H14F4. The lowest BCUT2D eigenvalue weighted by molar-refractivity contribution is -0.159. The maximum atomic E-state index is 13.7. The van der Waals surface area contributed by atoms with E-state index in [0.29, 0.717) is 12.8 Å².